The first-order chi connectivity index (χ1) is 11.4. The molecule has 2 aromatic carbocycles. The molecule has 3 rings (SSSR count). The second-order valence-electron chi connectivity index (χ2n) is 5.71. The standard InChI is InChI=1S/C20H24O3/c1-2-21-19-9-5-6-10-20(19)23-14-13-22-18-12-11-16-7-3-4-8-17(16)15-18/h5-6,9-12,15H,2-4,7-8,13-14H2,1H3. The SMILES string of the molecule is CCOc1ccccc1OCCOc1ccc2c(c1)CCCC2. The Labute approximate surface area is 138 Å². The number of rotatable bonds is 7. The maximum atomic E-state index is 5.83. The van der Waals surface area contributed by atoms with Gasteiger partial charge in [0.25, 0.3) is 0 Å². The lowest BCUT2D eigenvalue weighted by molar-refractivity contribution is 0.208. The van der Waals surface area contributed by atoms with Gasteiger partial charge in [-0.2, -0.15) is 0 Å². The van der Waals surface area contributed by atoms with E-state index in [4.69, 9.17) is 14.2 Å². The van der Waals surface area contributed by atoms with Crippen LogP contribution in [0.15, 0.2) is 42.5 Å². The van der Waals surface area contributed by atoms with E-state index in [1.165, 1.54) is 36.8 Å². The Bertz CT molecular complexity index is 637. The highest BCUT2D eigenvalue weighted by Gasteiger charge is 2.10. The summed E-state index contributed by atoms with van der Waals surface area (Å²) in [7, 11) is 0. The van der Waals surface area contributed by atoms with Crippen molar-refractivity contribution in [1.29, 1.82) is 0 Å². The summed E-state index contributed by atoms with van der Waals surface area (Å²) in [4.78, 5) is 0. The first kappa shape index (κ1) is 15.7. The van der Waals surface area contributed by atoms with E-state index in [0.717, 1.165) is 17.2 Å². The van der Waals surface area contributed by atoms with E-state index in [-0.39, 0.29) is 0 Å². The molecule has 0 saturated carbocycles. The van der Waals surface area contributed by atoms with Gasteiger partial charge in [-0.05, 0) is 68.0 Å². The van der Waals surface area contributed by atoms with E-state index < -0.39 is 0 Å². The summed E-state index contributed by atoms with van der Waals surface area (Å²) in [5.41, 5.74) is 2.92. The molecule has 0 saturated heterocycles. The summed E-state index contributed by atoms with van der Waals surface area (Å²) < 4.78 is 17.2. The molecule has 0 radical (unpaired) electrons. The van der Waals surface area contributed by atoms with Crippen LogP contribution in [0.4, 0.5) is 0 Å². The van der Waals surface area contributed by atoms with Crippen LogP contribution < -0.4 is 14.2 Å². The lowest BCUT2D eigenvalue weighted by atomic mass is 9.92. The lowest BCUT2D eigenvalue weighted by Gasteiger charge is -2.17. The quantitative estimate of drug-likeness (QED) is 0.708. The summed E-state index contributed by atoms with van der Waals surface area (Å²) in [5, 5.41) is 0. The minimum absolute atomic E-state index is 0.501. The predicted molar refractivity (Wildman–Crippen MR) is 91.7 cm³/mol. The molecule has 0 bridgehead atoms. The summed E-state index contributed by atoms with van der Waals surface area (Å²) in [6, 6.07) is 14.2. The average molecular weight is 312 g/mol. The normalized spacial score (nSPS) is 13.3. The molecule has 1 aliphatic carbocycles. The van der Waals surface area contributed by atoms with Crippen LogP contribution in [0.1, 0.15) is 30.9 Å². The summed E-state index contributed by atoms with van der Waals surface area (Å²) in [5.74, 6) is 2.49. The molecule has 0 aromatic heterocycles. The maximum absolute atomic E-state index is 5.83. The van der Waals surface area contributed by atoms with Gasteiger partial charge in [-0.15, -0.1) is 0 Å². The van der Waals surface area contributed by atoms with Gasteiger partial charge < -0.3 is 14.2 Å². The van der Waals surface area contributed by atoms with E-state index in [9.17, 15) is 0 Å². The van der Waals surface area contributed by atoms with Crippen molar-refractivity contribution in [2.24, 2.45) is 0 Å². The minimum Gasteiger partial charge on any atom is -0.490 e. The van der Waals surface area contributed by atoms with E-state index in [0.29, 0.717) is 19.8 Å². The van der Waals surface area contributed by atoms with Crippen molar-refractivity contribution in [2.45, 2.75) is 32.6 Å². The summed E-state index contributed by atoms with van der Waals surface area (Å²) in [6.07, 6.45) is 4.96. The predicted octanol–water partition coefficient (Wildman–Crippen LogP) is 4.42. The van der Waals surface area contributed by atoms with Crippen molar-refractivity contribution in [3.8, 4) is 17.2 Å². The van der Waals surface area contributed by atoms with Gasteiger partial charge >= 0.3 is 0 Å². The van der Waals surface area contributed by atoms with Crippen LogP contribution in [0, 0.1) is 0 Å². The Kier molecular flexibility index (Phi) is 5.41. The van der Waals surface area contributed by atoms with Crippen LogP contribution in [0.5, 0.6) is 17.2 Å². The molecule has 1 aliphatic rings. The minimum atomic E-state index is 0.501. The molecular formula is C20H24O3. The van der Waals surface area contributed by atoms with Gasteiger partial charge in [0.2, 0.25) is 0 Å². The Morgan fingerprint density at radius 2 is 1.48 bits per heavy atom. The topological polar surface area (TPSA) is 27.7 Å². The van der Waals surface area contributed by atoms with Crippen LogP contribution in [0.2, 0.25) is 0 Å². The van der Waals surface area contributed by atoms with Crippen LogP contribution >= 0.6 is 0 Å². The average Bonchev–Trinajstić information content (AvgIpc) is 2.60. The first-order valence-corrected chi connectivity index (χ1v) is 8.46. The van der Waals surface area contributed by atoms with Crippen molar-refractivity contribution < 1.29 is 14.2 Å². The van der Waals surface area contributed by atoms with E-state index in [2.05, 4.69) is 18.2 Å². The second kappa shape index (κ2) is 7.91. The molecule has 23 heavy (non-hydrogen) atoms. The van der Waals surface area contributed by atoms with Crippen molar-refractivity contribution in [2.75, 3.05) is 19.8 Å². The van der Waals surface area contributed by atoms with E-state index in [1.54, 1.807) is 0 Å². The fraction of sp³-hybridized carbons (Fsp3) is 0.400. The third kappa shape index (κ3) is 4.19. The van der Waals surface area contributed by atoms with Crippen molar-refractivity contribution in [3.05, 3.63) is 53.6 Å². The fourth-order valence-corrected chi connectivity index (χ4v) is 2.95. The van der Waals surface area contributed by atoms with E-state index >= 15 is 0 Å². The molecule has 0 amide bonds. The van der Waals surface area contributed by atoms with Crippen LogP contribution in [-0.4, -0.2) is 19.8 Å². The summed E-state index contributed by atoms with van der Waals surface area (Å²) in [6.45, 7) is 3.63. The van der Waals surface area contributed by atoms with Crippen molar-refractivity contribution in [3.63, 3.8) is 0 Å². The van der Waals surface area contributed by atoms with Gasteiger partial charge in [-0.3, -0.25) is 0 Å². The molecule has 0 heterocycles. The van der Waals surface area contributed by atoms with Crippen molar-refractivity contribution in [1.82, 2.24) is 0 Å². The second-order valence-corrected chi connectivity index (χ2v) is 5.71. The Balaban J connectivity index is 1.50. The highest BCUT2D eigenvalue weighted by atomic mass is 16.5. The lowest BCUT2D eigenvalue weighted by Crippen LogP contribution is -2.10. The zero-order chi connectivity index (χ0) is 15.9. The molecule has 0 spiro atoms. The first-order valence-electron chi connectivity index (χ1n) is 8.46. The molecule has 2 aromatic rings. The largest absolute Gasteiger partial charge is 0.490 e. The van der Waals surface area contributed by atoms with Gasteiger partial charge in [0.1, 0.15) is 19.0 Å². The van der Waals surface area contributed by atoms with E-state index in [1.807, 2.05) is 31.2 Å². The number of para-hydroxylation sites is 2. The van der Waals surface area contributed by atoms with Crippen LogP contribution in [0.25, 0.3) is 0 Å². The molecule has 0 fully saturated rings. The number of ether oxygens (including phenoxy) is 3. The Hall–Kier alpha value is -2.16. The number of fused-ring (bicyclic) bond motifs is 1. The Morgan fingerprint density at radius 3 is 2.26 bits per heavy atom. The molecule has 0 aliphatic heterocycles. The molecular weight excluding hydrogens is 288 g/mol. The number of benzene rings is 2. The van der Waals surface area contributed by atoms with Crippen LogP contribution in [0.3, 0.4) is 0 Å². The van der Waals surface area contributed by atoms with Crippen LogP contribution in [-0.2, 0) is 12.8 Å². The van der Waals surface area contributed by atoms with Gasteiger partial charge in [0, 0.05) is 0 Å². The molecule has 0 atom stereocenters. The summed E-state index contributed by atoms with van der Waals surface area (Å²) >= 11 is 0. The van der Waals surface area contributed by atoms with Gasteiger partial charge in [0.05, 0.1) is 6.61 Å². The van der Waals surface area contributed by atoms with Crippen molar-refractivity contribution >= 4 is 0 Å². The molecule has 3 nitrogen and oxygen atoms in total. The third-order valence-electron chi connectivity index (χ3n) is 4.08. The smallest absolute Gasteiger partial charge is 0.161 e. The molecule has 0 N–H and O–H groups in total. The Morgan fingerprint density at radius 1 is 0.783 bits per heavy atom. The molecule has 122 valence electrons. The maximum Gasteiger partial charge on any atom is 0.161 e. The van der Waals surface area contributed by atoms with Gasteiger partial charge in [0.15, 0.2) is 11.5 Å². The number of hydrogen-bond donors (Lipinski definition) is 0. The van der Waals surface area contributed by atoms with Gasteiger partial charge in [-0.1, -0.05) is 18.2 Å². The molecule has 0 unspecified atom stereocenters. The van der Waals surface area contributed by atoms with Gasteiger partial charge in [-0.25, -0.2) is 0 Å². The monoisotopic (exact) mass is 312 g/mol. The zero-order valence-corrected chi connectivity index (χ0v) is 13.7. The zero-order valence-electron chi connectivity index (χ0n) is 13.7. The fourth-order valence-electron chi connectivity index (χ4n) is 2.95. The number of hydrogen-bond acceptors (Lipinski definition) is 3. The third-order valence-corrected chi connectivity index (χ3v) is 4.08. The highest BCUT2D eigenvalue weighted by Crippen LogP contribution is 2.27. The highest BCUT2D eigenvalue weighted by molar-refractivity contribution is 5.39. The number of aryl methyl sites for hydroxylation is 2. The molecule has 3 heteroatoms.